The Bertz CT molecular complexity index is 895. The van der Waals surface area contributed by atoms with E-state index in [1.54, 1.807) is 30.3 Å². The number of benzene rings is 2. The van der Waals surface area contributed by atoms with Gasteiger partial charge in [-0.05, 0) is 49.2 Å². The van der Waals surface area contributed by atoms with E-state index in [1.807, 2.05) is 13.8 Å². The second kappa shape index (κ2) is 8.96. The van der Waals surface area contributed by atoms with Gasteiger partial charge in [0, 0.05) is 6.54 Å². The SMILES string of the molecule is COc1cc(C)c(C)cc1S(=O)(=O)NCCOc1cccc(OC)c1OC. The van der Waals surface area contributed by atoms with Crippen molar-refractivity contribution < 1.29 is 27.4 Å². The van der Waals surface area contributed by atoms with E-state index in [0.717, 1.165) is 11.1 Å². The molecule has 8 heteroatoms. The van der Waals surface area contributed by atoms with E-state index >= 15 is 0 Å². The van der Waals surface area contributed by atoms with Crippen LogP contribution in [0, 0.1) is 13.8 Å². The van der Waals surface area contributed by atoms with Gasteiger partial charge in [-0.15, -0.1) is 0 Å². The standard InChI is InChI=1S/C19H25NO6S/c1-13-11-17(24-4)18(12-14(13)2)27(21,22)20-9-10-26-16-8-6-7-15(23-3)19(16)25-5/h6-8,11-12,20H,9-10H2,1-5H3. The van der Waals surface area contributed by atoms with Crippen LogP contribution in [0.3, 0.4) is 0 Å². The Hall–Kier alpha value is -2.45. The van der Waals surface area contributed by atoms with Gasteiger partial charge in [0.2, 0.25) is 15.8 Å². The van der Waals surface area contributed by atoms with Crippen LogP contribution in [0.1, 0.15) is 11.1 Å². The molecule has 0 amide bonds. The summed E-state index contributed by atoms with van der Waals surface area (Å²) in [5.74, 6) is 1.77. The Morgan fingerprint density at radius 2 is 1.52 bits per heavy atom. The highest BCUT2D eigenvalue weighted by Gasteiger charge is 2.20. The van der Waals surface area contributed by atoms with Gasteiger partial charge in [0.25, 0.3) is 0 Å². The number of methoxy groups -OCH3 is 3. The average molecular weight is 395 g/mol. The molecule has 2 aromatic carbocycles. The number of ether oxygens (including phenoxy) is 4. The molecule has 1 N–H and O–H groups in total. The van der Waals surface area contributed by atoms with Crippen LogP contribution in [0.4, 0.5) is 0 Å². The van der Waals surface area contributed by atoms with Gasteiger partial charge in [0.1, 0.15) is 17.3 Å². The number of para-hydroxylation sites is 1. The lowest BCUT2D eigenvalue weighted by Crippen LogP contribution is -2.28. The molecule has 148 valence electrons. The summed E-state index contributed by atoms with van der Waals surface area (Å²) in [4.78, 5) is 0.104. The van der Waals surface area contributed by atoms with Crippen LogP contribution in [0.15, 0.2) is 35.2 Å². The minimum absolute atomic E-state index is 0.0821. The van der Waals surface area contributed by atoms with Crippen LogP contribution in [0.5, 0.6) is 23.0 Å². The van der Waals surface area contributed by atoms with Crippen LogP contribution >= 0.6 is 0 Å². The van der Waals surface area contributed by atoms with Gasteiger partial charge in [-0.2, -0.15) is 0 Å². The van der Waals surface area contributed by atoms with Crippen LogP contribution < -0.4 is 23.7 Å². The molecule has 0 aliphatic carbocycles. The third-order valence-corrected chi connectivity index (χ3v) is 5.57. The summed E-state index contributed by atoms with van der Waals surface area (Å²) < 4.78 is 49.1. The van der Waals surface area contributed by atoms with Gasteiger partial charge in [-0.1, -0.05) is 6.07 Å². The summed E-state index contributed by atoms with van der Waals surface area (Å²) in [5.41, 5.74) is 1.83. The maximum Gasteiger partial charge on any atom is 0.244 e. The topological polar surface area (TPSA) is 83.1 Å². The Kier molecular flexibility index (Phi) is 6.92. The number of rotatable bonds is 9. The summed E-state index contributed by atoms with van der Waals surface area (Å²) in [7, 11) is 0.757. The highest BCUT2D eigenvalue weighted by Crippen LogP contribution is 2.36. The van der Waals surface area contributed by atoms with Crippen molar-refractivity contribution in [2.45, 2.75) is 18.7 Å². The number of nitrogens with one attached hydrogen (secondary N) is 1. The summed E-state index contributed by atoms with van der Waals surface area (Å²) in [6.45, 7) is 3.96. The predicted molar refractivity (Wildman–Crippen MR) is 103 cm³/mol. The van der Waals surface area contributed by atoms with Crippen molar-refractivity contribution in [2.24, 2.45) is 0 Å². The zero-order valence-corrected chi connectivity index (χ0v) is 17.0. The minimum Gasteiger partial charge on any atom is -0.495 e. The number of hydrogen-bond donors (Lipinski definition) is 1. The van der Waals surface area contributed by atoms with Gasteiger partial charge in [0.15, 0.2) is 11.5 Å². The predicted octanol–water partition coefficient (Wildman–Crippen LogP) is 2.69. The lowest BCUT2D eigenvalue weighted by Gasteiger charge is -2.15. The lowest BCUT2D eigenvalue weighted by molar-refractivity contribution is 0.287. The fourth-order valence-corrected chi connectivity index (χ4v) is 3.77. The summed E-state index contributed by atoms with van der Waals surface area (Å²) in [6.07, 6.45) is 0. The second-order valence-corrected chi connectivity index (χ2v) is 7.56. The van der Waals surface area contributed by atoms with Gasteiger partial charge in [-0.3, -0.25) is 0 Å². The maximum absolute atomic E-state index is 12.6. The normalized spacial score (nSPS) is 11.1. The van der Waals surface area contributed by atoms with E-state index in [1.165, 1.54) is 21.3 Å². The molecule has 0 saturated heterocycles. The molecule has 0 fully saturated rings. The molecule has 0 radical (unpaired) electrons. The number of hydrogen-bond acceptors (Lipinski definition) is 6. The Balaban J connectivity index is 2.07. The monoisotopic (exact) mass is 395 g/mol. The molecule has 0 heterocycles. The highest BCUT2D eigenvalue weighted by molar-refractivity contribution is 7.89. The minimum atomic E-state index is -3.74. The molecule has 2 rings (SSSR count). The van der Waals surface area contributed by atoms with Crippen molar-refractivity contribution in [3.63, 3.8) is 0 Å². The van der Waals surface area contributed by atoms with E-state index in [-0.39, 0.29) is 18.0 Å². The van der Waals surface area contributed by atoms with Gasteiger partial charge in [0.05, 0.1) is 21.3 Å². The van der Waals surface area contributed by atoms with Crippen LogP contribution in [0.25, 0.3) is 0 Å². The summed E-state index contributed by atoms with van der Waals surface area (Å²) in [6, 6.07) is 8.55. The van der Waals surface area contributed by atoms with E-state index in [9.17, 15) is 8.42 Å². The Labute approximate surface area is 160 Å². The van der Waals surface area contributed by atoms with E-state index in [2.05, 4.69) is 4.72 Å². The zero-order chi connectivity index (χ0) is 20.0. The Morgan fingerprint density at radius 3 is 2.15 bits per heavy atom. The first kappa shape index (κ1) is 20.9. The maximum atomic E-state index is 12.6. The molecule has 0 spiro atoms. The van der Waals surface area contributed by atoms with Gasteiger partial charge >= 0.3 is 0 Å². The molecular weight excluding hydrogens is 370 g/mol. The van der Waals surface area contributed by atoms with Gasteiger partial charge in [-0.25, -0.2) is 13.1 Å². The van der Waals surface area contributed by atoms with Crippen molar-refractivity contribution in [1.29, 1.82) is 0 Å². The molecule has 0 bridgehead atoms. The fourth-order valence-electron chi connectivity index (χ4n) is 2.52. The molecule has 7 nitrogen and oxygen atoms in total. The van der Waals surface area contributed by atoms with Crippen LogP contribution in [0.2, 0.25) is 0 Å². The smallest absolute Gasteiger partial charge is 0.244 e. The lowest BCUT2D eigenvalue weighted by atomic mass is 10.1. The average Bonchev–Trinajstić information content (AvgIpc) is 2.66. The first-order valence-electron chi connectivity index (χ1n) is 8.32. The molecule has 0 unspecified atom stereocenters. The van der Waals surface area contributed by atoms with Crippen molar-refractivity contribution >= 4 is 10.0 Å². The highest BCUT2D eigenvalue weighted by atomic mass is 32.2. The Morgan fingerprint density at radius 1 is 0.889 bits per heavy atom. The van der Waals surface area contributed by atoms with Crippen molar-refractivity contribution in [3.8, 4) is 23.0 Å². The number of aryl methyl sites for hydroxylation is 2. The van der Waals surface area contributed by atoms with Crippen molar-refractivity contribution in [3.05, 3.63) is 41.5 Å². The van der Waals surface area contributed by atoms with Gasteiger partial charge < -0.3 is 18.9 Å². The third kappa shape index (κ3) is 4.84. The molecular formula is C19H25NO6S. The molecule has 0 saturated carbocycles. The van der Waals surface area contributed by atoms with Crippen LogP contribution in [-0.2, 0) is 10.0 Å². The third-order valence-electron chi connectivity index (χ3n) is 4.09. The fraction of sp³-hybridized carbons (Fsp3) is 0.368. The molecule has 2 aromatic rings. The van der Waals surface area contributed by atoms with Crippen molar-refractivity contribution in [2.75, 3.05) is 34.5 Å². The van der Waals surface area contributed by atoms with E-state index in [4.69, 9.17) is 18.9 Å². The number of sulfonamides is 1. The first-order chi connectivity index (χ1) is 12.8. The summed E-state index contributed by atoms with van der Waals surface area (Å²) in [5, 5.41) is 0. The second-order valence-electron chi connectivity index (χ2n) is 5.83. The van der Waals surface area contributed by atoms with E-state index in [0.29, 0.717) is 23.0 Å². The molecule has 0 atom stereocenters. The molecule has 0 aromatic heterocycles. The first-order valence-corrected chi connectivity index (χ1v) is 9.81. The van der Waals surface area contributed by atoms with E-state index < -0.39 is 10.0 Å². The summed E-state index contributed by atoms with van der Waals surface area (Å²) >= 11 is 0. The molecule has 0 aliphatic heterocycles. The quantitative estimate of drug-likeness (QED) is 0.658. The van der Waals surface area contributed by atoms with Crippen molar-refractivity contribution in [1.82, 2.24) is 4.72 Å². The largest absolute Gasteiger partial charge is 0.495 e. The van der Waals surface area contributed by atoms with Crippen LogP contribution in [-0.4, -0.2) is 42.9 Å². The molecule has 27 heavy (non-hydrogen) atoms. The molecule has 0 aliphatic rings. The zero-order valence-electron chi connectivity index (χ0n) is 16.2.